The third-order valence-corrected chi connectivity index (χ3v) is 6.10. The van der Waals surface area contributed by atoms with Crippen LogP contribution in [0.5, 0.6) is 0 Å². The summed E-state index contributed by atoms with van der Waals surface area (Å²) in [6, 6.07) is 7.15. The molecule has 0 fully saturated rings. The van der Waals surface area contributed by atoms with E-state index in [1.807, 2.05) is 78.9 Å². The van der Waals surface area contributed by atoms with Crippen LogP contribution in [-0.4, -0.2) is 56.5 Å². The van der Waals surface area contributed by atoms with Crippen LogP contribution in [0.4, 0.5) is 5.69 Å². The maximum Gasteiger partial charge on any atom is 0.309 e. The van der Waals surface area contributed by atoms with Gasteiger partial charge < -0.3 is 20.3 Å². The average molecular weight is 530 g/mol. The summed E-state index contributed by atoms with van der Waals surface area (Å²) in [6.45, 7) is 20.4. The number of methoxy groups -OCH3 is 1. The molecule has 2 N–H and O–H groups in total. The number of benzene rings is 1. The van der Waals surface area contributed by atoms with Crippen LogP contribution < -0.4 is 10.6 Å². The minimum Gasteiger partial charge on any atom is -0.469 e. The molecule has 0 aliphatic heterocycles. The smallest absolute Gasteiger partial charge is 0.309 e. The second-order valence-corrected chi connectivity index (χ2v) is 11.4. The molecule has 7 heteroatoms. The molecule has 0 aliphatic rings. The lowest BCUT2D eigenvalue weighted by atomic mass is 9.77. The van der Waals surface area contributed by atoms with Crippen LogP contribution in [0.15, 0.2) is 42.5 Å². The van der Waals surface area contributed by atoms with Crippen molar-refractivity contribution in [1.29, 1.82) is 0 Å². The summed E-state index contributed by atoms with van der Waals surface area (Å²) in [5.41, 5.74) is 2.55. The summed E-state index contributed by atoms with van der Waals surface area (Å²) >= 11 is 0. The summed E-state index contributed by atoms with van der Waals surface area (Å²) in [7, 11) is 4.89. The summed E-state index contributed by atoms with van der Waals surface area (Å²) in [4.78, 5) is 39.4. The molecule has 0 radical (unpaired) electrons. The second kappa shape index (κ2) is 16.0. The molecule has 1 rings (SSSR count). The lowest BCUT2D eigenvalue weighted by Gasteiger charge is -2.35. The molecule has 0 spiro atoms. The Labute approximate surface area is 231 Å². The van der Waals surface area contributed by atoms with E-state index in [0.717, 1.165) is 22.4 Å². The van der Waals surface area contributed by atoms with E-state index in [2.05, 4.69) is 35.8 Å². The molecule has 0 saturated heterocycles. The molecule has 2 amide bonds. The number of esters is 1. The molecule has 38 heavy (non-hydrogen) atoms. The van der Waals surface area contributed by atoms with Crippen LogP contribution in [0.3, 0.4) is 0 Å². The van der Waals surface area contributed by atoms with Crippen molar-refractivity contribution < 1.29 is 19.1 Å². The molecule has 0 heterocycles. The quantitative estimate of drug-likeness (QED) is 0.268. The zero-order valence-electron chi connectivity index (χ0n) is 25.6. The fourth-order valence-electron chi connectivity index (χ4n) is 3.67. The molecule has 0 saturated carbocycles. The van der Waals surface area contributed by atoms with Crippen LogP contribution in [0.2, 0.25) is 0 Å². The van der Waals surface area contributed by atoms with E-state index in [9.17, 15) is 14.4 Å². The second-order valence-electron chi connectivity index (χ2n) is 11.4. The number of nitrogens with one attached hydrogen (secondary N) is 2. The molecule has 1 aromatic carbocycles. The molecular weight excluding hydrogens is 478 g/mol. The zero-order chi connectivity index (χ0) is 29.7. The number of carbonyl (C=O) groups is 3. The van der Waals surface area contributed by atoms with Crippen molar-refractivity contribution in [2.75, 3.05) is 33.1 Å². The first-order chi connectivity index (χ1) is 17.5. The molecular formula is C31H51N3O4. The van der Waals surface area contributed by atoms with Crippen molar-refractivity contribution in [3.05, 3.63) is 48.1 Å². The van der Waals surface area contributed by atoms with Crippen LogP contribution in [0.25, 0.3) is 5.57 Å². The van der Waals surface area contributed by atoms with Gasteiger partial charge in [0.2, 0.25) is 11.8 Å². The first-order valence-corrected chi connectivity index (χ1v) is 13.3. The van der Waals surface area contributed by atoms with E-state index < -0.39 is 16.9 Å². The van der Waals surface area contributed by atoms with Crippen LogP contribution in [-0.2, 0) is 19.1 Å². The Morgan fingerprint density at radius 2 is 1.66 bits per heavy atom. The van der Waals surface area contributed by atoms with Gasteiger partial charge in [0.15, 0.2) is 0 Å². The summed E-state index contributed by atoms with van der Waals surface area (Å²) in [5, 5.41) is 6.15. The molecule has 0 bridgehead atoms. The Morgan fingerprint density at radius 3 is 2.16 bits per heavy atom. The van der Waals surface area contributed by atoms with Gasteiger partial charge in [-0.15, -0.1) is 0 Å². The fourth-order valence-corrected chi connectivity index (χ4v) is 3.67. The Balaban J connectivity index is 0.00000434. The maximum atomic E-state index is 13.3. The molecule has 214 valence electrons. The lowest BCUT2D eigenvalue weighted by Crippen LogP contribution is -2.54. The number of likely N-dealkylation sites (N-methyl/N-ethyl adjacent to an activating group) is 1. The van der Waals surface area contributed by atoms with Gasteiger partial charge in [-0.2, -0.15) is 0 Å². The van der Waals surface area contributed by atoms with Gasteiger partial charge in [0, 0.05) is 38.3 Å². The number of nitrogens with zero attached hydrogens (tertiary/aromatic N) is 1. The van der Waals surface area contributed by atoms with E-state index in [0.29, 0.717) is 6.54 Å². The number of carbonyl (C=O) groups excluding carboxylic acids is 3. The summed E-state index contributed by atoms with van der Waals surface area (Å²) < 4.78 is 4.68. The zero-order valence-corrected chi connectivity index (χ0v) is 25.6. The van der Waals surface area contributed by atoms with Crippen molar-refractivity contribution in [2.45, 2.75) is 80.7 Å². The SMILES string of the molecule is C=C(c1ccccc1NC)C(C)(C)CC(=O)NC(C(=O)N(C)C/C=C(\C)CC(=O)OC)C(C)(C)C.CCC. The average Bonchev–Trinajstić information content (AvgIpc) is 2.84. The number of allylic oxidation sites excluding steroid dienone is 1. The molecule has 0 aliphatic carbocycles. The van der Waals surface area contributed by atoms with Crippen molar-refractivity contribution in [3.63, 3.8) is 0 Å². The number of para-hydroxylation sites is 1. The van der Waals surface area contributed by atoms with Crippen molar-refractivity contribution >= 4 is 29.0 Å². The summed E-state index contributed by atoms with van der Waals surface area (Å²) in [5.74, 6) is -0.726. The Morgan fingerprint density at radius 1 is 1.11 bits per heavy atom. The number of amides is 2. The Bertz CT molecular complexity index is 974. The van der Waals surface area contributed by atoms with Gasteiger partial charge in [-0.05, 0) is 29.4 Å². The van der Waals surface area contributed by atoms with Crippen molar-refractivity contribution in [2.24, 2.45) is 10.8 Å². The lowest BCUT2D eigenvalue weighted by molar-refractivity contribution is -0.139. The predicted octanol–water partition coefficient (Wildman–Crippen LogP) is 6.07. The van der Waals surface area contributed by atoms with Gasteiger partial charge in [-0.25, -0.2) is 0 Å². The van der Waals surface area contributed by atoms with Crippen molar-refractivity contribution in [3.8, 4) is 0 Å². The largest absolute Gasteiger partial charge is 0.469 e. The van der Waals surface area contributed by atoms with Crippen LogP contribution in [0.1, 0.15) is 80.2 Å². The first-order valence-electron chi connectivity index (χ1n) is 13.3. The Kier molecular flexibility index (Phi) is 14.7. The van der Waals surface area contributed by atoms with Crippen molar-refractivity contribution in [1.82, 2.24) is 10.2 Å². The normalized spacial score (nSPS) is 12.4. The van der Waals surface area contributed by atoms with E-state index >= 15 is 0 Å². The molecule has 1 unspecified atom stereocenters. The van der Waals surface area contributed by atoms with Gasteiger partial charge in [0.1, 0.15) is 6.04 Å². The number of hydrogen-bond acceptors (Lipinski definition) is 5. The Hall–Kier alpha value is -3.09. The van der Waals surface area contributed by atoms with E-state index in [1.54, 1.807) is 11.9 Å². The van der Waals surface area contributed by atoms with E-state index in [-0.39, 0.29) is 30.6 Å². The topological polar surface area (TPSA) is 87.7 Å². The molecule has 1 atom stereocenters. The number of ether oxygens (including phenoxy) is 1. The van der Waals surface area contributed by atoms with Gasteiger partial charge in [-0.3, -0.25) is 14.4 Å². The number of hydrogen-bond donors (Lipinski definition) is 2. The van der Waals surface area contributed by atoms with E-state index in [1.165, 1.54) is 13.5 Å². The highest BCUT2D eigenvalue weighted by Crippen LogP contribution is 2.39. The molecule has 0 aromatic heterocycles. The number of anilines is 1. The molecule has 1 aromatic rings. The fraction of sp³-hybridized carbons (Fsp3) is 0.581. The van der Waals surface area contributed by atoms with Crippen LogP contribution >= 0.6 is 0 Å². The monoisotopic (exact) mass is 529 g/mol. The van der Waals surface area contributed by atoms with Gasteiger partial charge in [0.05, 0.1) is 13.5 Å². The number of rotatable bonds is 11. The third kappa shape index (κ3) is 11.5. The minimum absolute atomic E-state index is 0.174. The van der Waals surface area contributed by atoms with Gasteiger partial charge in [-0.1, -0.05) is 91.3 Å². The highest BCUT2D eigenvalue weighted by atomic mass is 16.5. The minimum atomic E-state index is -0.706. The predicted molar refractivity (Wildman–Crippen MR) is 159 cm³/mol. The highest BCUT2D eigenvalue weighted by Gasteiger charge is 2.36. The van der Waals surface area contributed by atoms with Crippen LogP contribution in [0, 0.1) is 10.8 Å². The standard InChI is InChI=1S/C28H43N3O4.C3H8/c1-19(17-24(33)35-10)15-16-31(9)26(34)25(27(3,4)5)30-23(32)18-28(6,7)20(2)21-13-11-12-14-22(21)29-8;1-3-2/h11-15,25,29H,2,16-18H2,1,3-10H3,(H,30,32);3H2,1-2H3/b19-15+;. The highest BCUT2D eigenvalue weighted by molar-refractivity contribution is 5.90. The van der Waals surface area contributed by atoms with E-state index in [4.69, 9.17) is 0 Å². The maximum absolute atomic E-state index is 13.3. The van der Waals surface area contributed by atoms with Gasteiger partial charge in [0.25, 0.3) is 0 Å². The third-order valence-electron chi connectivity index (χ3n) is 6.10. The first kappa shape index (κ1) is 34.9. The summed E-state index contributed by atoms with van der Waals surface area (Å²) in [6.07, 6.45) is 3.43. The van der Waals surface area contributed by atoms with Gasteiger partial charge >= 0.3 is 5.97 Å². The molecule has 7 nitrogen and oxygen atoms in total.